The predicted octanol–water partition coefficient (Wildman–Crippen LogP) is 5.69. The van der Waals surface area contributed by atoms with Gasteiger partial charge in [-0.05, 0) is 107 Å². The van der Waals surface area contributed by atoms with Crippen molar-refractivity contribution in [3.8, 4) is 0 Å². The van der Waals surface area contributed by atoms with Gasteiger partial charge in [0.2, 0.25) is 0 Å². The number of aliphatic carboxylic acids is 1. The van der Waals surface area contributed by atoms with E-state index in [0.717, 1.165) is 83.5 Å². The van der Waals surface area contributed by atoms with Gasteiger partial charge in [0, 0.05) is 0 Å². The summed E-state index contributed by atoms with van der Waals surface area (Å²) >= 11 is 0. The van der Waals surface area contributed by atoms with Gasteiger partial charge in [-0.25, -0.2) is 0 Å². The van der Waals surface area contributed by atoms with Gasteiger partial charge < -0.3 is 9.84 Å². The number of ether oxygens (including phenoxy) is 1. The van der Waals surface area contributed by atoms with Gasteiger partial charge >= 0.3 is 5.97 Å². The zero-order valence-electron chi connectivity index (χ0n) is 18.1. The molecule has 0 aromatic heterocycles. The first-order valence-electron chi connectivity index (χ1n) is 11.3. The summed E-state index contributed by atoms with van der Waals surface area (Å²) in [6.45, 7) is 5.05. The topological polar surface area (TPSA) is 63.6 Å². The monoisotopic (exact) mass is 400 g/mol. The Hall–Kier alpha value is -1.84. The van der Waals surface area contributed by atoms with E-state index in [2.05, 4.69) is 26.0 Å². The van der Waals surface area contributed by atoms with E-state index in [-0.39, 0.29) is 11.0 Å². The molecule has 0 saturated heterocycles. The average molecular weight is 401 g/mol. The molecule has 1 aromatic carbocycles. The standard InChI is InChI=1S/C25H36O4/c1-19-10-11-21(8-5-7-13-25(16-17-25)29-18-26)20(2)22(19)9-4-3-6-12-24(14-15-24)23(27)28/h10-11,18H,3-9,12-17H2,1-2H3,(H,27,28). The van der Waals surface area contributed by atoms with Crippen LogP contribution in [0.2, 0.25) is 0 Å². The molecule has 0 atom stereocenters. The minimum absolute atomic E-state index is 0.130. The number of hydrogen-bond donors (Lipinski definition) is 1. The first-order chi connectivity index (χ1) is 13.9. The molecule has 4 heteroatoms. The summed E-state index contributed by atoms with van der Waals surface area (Å²) < 4.78 is 5.24. The largest absolute Gasteiger partial charge is 0.481 e. The summed E-state index contributed by atoms with van der Waals surface area (Å²) in [7, 11) is 0. The molecule has 0 heterocycles. The van der Waals surface area contributed by atoms with Crippen molar-refractivity contribution in [1.29, 1.82) is 0 Å². The van der Waals surface area contributed by atoms with E-state index >= 15 is 0 Å². The van der Waals surface area contributed by atoms with Gasteiger partial charge in [-0.2, -0.15) is 0 Å². The molecule has 1 aromatic rings. The summed E-state index contributed by atoms with van der Waals surface area (Å²) in [5.74, 6) is -0.595. The number of aryl methyl sites for hydroxylation is 2. The van der Waals surface area contributed by atoms with Gasteiger partial charge in [0.25, 0.3) is 6.47 Å². The third kappa shape index (κ3) is 5.61. The van der Waals surface area contributed by atoms with E-state index in [9.17, 15) is 14.7 Å². The average Bonchev–Trinajstić information content (AvgIpc) is 3.60. The molecule has 0 bridgehead atoms. The Kier molecular flexibility index (Phi) is 7.02. The summed E-state index contributed by atoms with van der Waals surface area (Å²) in [5.41, 5.74) is 5.21. The third-order valence-corrected chi connectivity index (χ3v) is 7.27. The SMILES string of the molecule is Cc1ccc(CCCCC2(OC=O)CC2)c(C)c1CCCCCC1(C(=O)O)CC1. The van der Waals surface area contributed by atoms with Crippen molar-refractivity contribution in [3.63, 3.8) is 0 Å². The molecule has 0 amide bonds. The number of carboxylic acid groups (broad SMARTS) is 1. The lowest BCUT2D eigenvalue weighted by Gasteiger charge is -2.16. The number of unbranched alkanes of at least 4 members (excludes halogenated alkanes) is 3. The molecule has 160 valence electrons. The lowest BCUT2D eigenvalue weighted by Crippen LogP contribution is -2.14. The molecular weight excluding hydrogens is 364 g/mol. The van der Waals surface area contributed by atoms with E-state index in [1.165, 1.54) is 22.3 Å². The highest BCUT2D eigenvalue weighted by Gasteiger charge is 2.49. The molecule has 29 heavy (non-hydrogen) atoms. The van der Waals surface area contributed by atoms with Crippen molar-refractivity contribution in [3.05, 3.63) is 34.4 Å². The van der Waals surface area contributed by atoms with E-state index < -0.39 is 5.97 Å². The normalized spacial score (nSPS) is 18.3. The van der Waals surface area contributed by atoms with Gasteiger partial charge in [-0.15, -0.1) is 0 Å². The maximum atomic E-state index is 11.3. The second-order valence-corrected chi connectivity index (χ2v) is 9.40. The van der Waals surface area contributed by atoms with Crippen LogP contribution in [0.15, 0.2) is 12.1 Å². The van der Waals surface area contributed by atoms with Crippen molar-refractivity contribution in [2.24, 2.45) is 5.41 Å². The molecule has 0 unspecified atom stereocenters. The molecule has 0 aliphatic heterocycles. The Morgan fingerprint density at radius 1 is 1.00 bits per heavy atom. The summed E-state index contributed by atoms with van der Waals surface area (Å²) in [6, 6.07) is 4.52. The molecule has 4 nitrogen and oxygen atoms in total. The van der Waals surface area contributed by atoms with Crippen LogP contribution in [0.25, 0.3) is 0 Å². The first-order valence-corrected chi connectivity index (χ1v) is 11.3. The Bertz CT molecular complexity index is 729. The van der Waals surface area contributed by atoms with Crippen LogP contribution in [0.4, 0.5) is 0 Å². The maximum Gasteiger partial charge on any atom is 0.309 e. The molecule has 2 aliphatic carbocycles. The number of carboxylic acids is 1. The van der Waals surface area contributed by atoms with Gasteiger partial charge in [0.05, 0.1) is 5.41 Å². The van der Waals surface area contributed by atoms with Crippen LogP contribution in [-0.2, 0) is 27.2 Å². The fourth-order valence-corrected chi connectivity index (χ4v) is 4.69. The predicted molar refractivity (Wildman–Crippen MR) is 114 cm³/mol. The Morgan fingerprint density at radius 2 is 1.69 bits per heavy atom. The van der Waals surface area contributed by atoms with Gasteiger partial charge in [-0.3, -0.25) is 9.59 Å². The summed E-state index contributed by atoms with van der Waals surface area (Å²) in [6.07, 6.45) is 13.3. The quantitative estimate of drug-likeness (QED) is 0.322. The lowest BCUT2D eigenvalue weighted by atomic mass is 9.90. The van der Waals surface area contributed by atoms with Gasteiger partial charge in [-0.1, -0.05) is 25.0 Å². The van der Waals surface area contributed by atoms with Crippen LogP contribution in [0.3, 0.4) is 0 Å². The second kappa shape index (κ2) is 9.32. The van der Waals surface area contributed by atoms with E-state index in [1.807, 2.05) is 0 Å². The summed E-state index contributed by atoms with van der Waals surface area (Å²) in [5, 5.41) is 9.28. The van der Waals surface area contributed by atoms with Gasteiger partial charge in [0.1, 0.15) is 5.60 Å². The second-order valence-electron chi connectivity index (χ2n) is 9.40. The molecule has 0 radical (unpaired) electrons. The Balaban J connectivity index is 1.42. The van der Waals surface area contributed by atoms with Gasteiger partial charge in [0.15, 0.2) is 0 Å². The smallest absolute Gasteiger partial charge is 0.309 e. The van der Waals surface area contributed by atoms with Crippen LogP contribution in [-0.4, -0.2) is 23.1 Å². The molecule has 2 fully saturated rings. The highest BCUT2D eigenvalue weighted by Crippen LogP contribution is 2.50. The van der Waals surface area contributed by atoms with Crippen LogP contribution in [0.1, 0.15) is 92.9 Å². The first kappa shape index (κ1) is 21.9. The van der Waals surface area contributed by atoms with Crippen LogP contribution >= 0.6 is 0 Å². The summed E-state index contributed by atoms with van der Waals surface area (Å²) in [4.78, 5) is 21.9. The number of benzene rings is 1. The minimum Gasteiger partial charge on any atom is -0.481 e. The lowest BCUT2D eigenvalue weighted by molar-refractivity contribution is -0.143. The van der Waals surface area contributed by atoms with E-state index in [1.54, 1.807) is 0 Å². The molecule has 3 rings (SSSR count). The third-order valence-electron chi connectivity index (χ3n) is 7.27. The Labute approximate surface area is 175 Å². The maximum absolute atomic E-state index is 11.3. The van der Waals surface area contributed by atoms with Crippen LogP contribution in [0, 0.1) is 19.3 Å². The zero-order valence-corrected chi connectivity index (χ0v) is 18.1. The van der Waals surface area contributed by atoms with Crippen molar-refractivity contribution in [1.82, 2.24) is 0 Å². The number of hydrogen-bond acceptors (Lipinski definition) is 3. The van der Waals surface area contributed by atoms with Crippen molar-refractivity contribution in [2.45, 2.75) is 103 Å². The van der Waals surface area contributed by atoms with Crippen molar-refractivity contribution in [2.75, 3.05) is 0 Å². The molecule has 1 N–H and O–H groups in total. The highest BCUT2D eigenvalue weighted by molar-refractivity contribution is 5.77. The highest BCUT2D eigenvalue weighted by atomic mass is 16.5. The number of carbonyl (C=O) groups is 2. The molecular formula is C25H36O4. The number of rotatable bonds is 14. The fraction of sp³-hybridized carbons (Fsp3) is 0.680. The van der Waals surface area contributed by atoms with Crippen LogP contribution in [0.5, 0.6) is 0 Å². The number of carbonyl (C=O) groups excluding carboxylic acids is 1. The minimum atomic E-state index is -0.595. The molecule has 0 spiro atoms. The Morgan fingerprint density at radius 3 is 2.31 bits per heavy atom. The molecule has 2 aliphatic rings. The van der Waals surface area contributed by atoms with Crippen molar-refractivity contribution < 1.29 is 19.4 Å². The fourth-order valence-electron chi connectivity index (χ4n) is 4.69. The van der Waals surface area contributed by atoms with E-state index in [0.29, 0.717) is 6.47 Å². The zero-order chi connectivity index (χ0) is 20.9. The van der Waals surface area contributed by atoms with Crippen molar-refractivity contribution >= 4 is 12.4 Å². The molecule has 2 saturated carbocycles. The van der Waals surface area contributed by atoms with E-state index in [4.69, 9.17) is 4.74 Å². The van der Waals surface area contributed by atoms with Crippen LogP contribution < -0.4 is 0 Å².